The number of anilines is 1. The zero-order valence-corrected chi connectivity index (χ0v) is 14.6. The van der Waals surface area contributed by atoms with Crippen LogP contribution in [-0.2, 0) is 4.79 Å². The summed E-state index contributed by atoms with van der Waals surface area (Å²) in [7, 11) is -1.31. The van der Waals surface area contributed by atoms with Gasteiger partial charge in [-0.3, -0.25) is 4.79 Å². The minimum Gasteiger partial charge on any atom is -0.326 e. The molecule has 0 aromatic heterocycles. The van der Waals surface area contributed by atoms with E-state index in [-0.39, 0.29) is 5.91 Å². The SMILES string of the molecule is C[Si](C)(C)c1ccc(NC(=O)CCCCCC=C(F)F)cc1. The summed E-state index contributed by atoms with van der Waals surface area (Å²) in [5.41, 5.74) is 0.814. The van der Waals surface area contributed by atoms with Gasteiger partial charge in [-0.2, -0.15) is 8.78 Å². The molecule has 0 aliphatic rings. The molecule has 0 heterocycles. The normalized spacial score (nSPS) is 11.1. The van der Waals surface area contributed by atoms with Crippen LogP contribution in [0.5, 0.6) is 0 Å². The molecule has 122 valence electrons. The lowest BCUT2D eigenvalue weighted by molar-refractivity contribution is -0.116. The van der Waals surface area contributed by atoms with E-state index in [1.165, 1.54) is 5.19 Å². The summed E-state index contributed by atoms with van der Waals surface area (Å²) in [6, 6.07) is 8.06. The summed E-state index contributed by atoms with van der Waals surface area (Å²) in [5, 5.41) is 4.23. The molecular formula is C17H25F2NOSi. The number of amides is 1. The summed E-state index contributed by atoms with van der Waals surface area (Å²) in [6.07, 6.45) is 2.31. The van der Waals surface area contributed by atoms with Crippen LogP contribution in [0.15, 0.2) is 36.4 Å². The van der Waals surface area contributed by atoms with Crippen LogP contribution in [0, 0.1) is 0 Å². The van der Waals surface area contributed by atoms with Crippen molar-refractivity contribution in [3.63, 3.8) is 0 Å². The molecular weight excluding hydrogens is 300 g/mol. The first-order valence-electron chi connectivity index (χ1n) is 7.70. The van der Waals surface area contributed by atoms with Crippen LogP contribution >= 0.6 is 0 Å². The molecule has 1 amide bonds. The van der Waals surface area contributed by atoms with Crippen molar-refractivity contribution in [2.75, 3.05) is 5.32 Å². The zero-order chi connectivity index (χ0) is 16.6. The molecule has 0 aliphatic heterocycles. The zero-order valence-electron chi connectivity index (χ0n) is 13.6. The van der Waals surface area contributed by atoms with Crippen LogP contribution < -0.4 is 10.5 Å². The van der Waals surface area contributed by atoms with Gasteiger partial charge in [-0.05, 0) is 37.5 Å². The molecule has 2 nitrogen and oxygen atoms in total. The number of benzene rings is 1. The average molecular weight is 325 g/mol. The van der Waals surface area contributed by atoms with E-state index in [0.29, 0.717) is 19.3 Å². The quantitative estimate of drug-likeness (QED) is 0.534. The van der Waals surface area contributed by atoms with Crippen molar-refractivity contribution in [3.8, 4) is 0 Å². The van der Waals surface area contributed by atoms with Crippen molar-refractivity contribution in [2.45, 2.75) is 51.7 Å². The lowest BCUT2D eigenvalue weighted by Crippen LogP contribution is -2.37. The van der Waals surface area contributed by atoms with Gasteiger partial charge in [0.05, 0.1) is 8.07 Å². The molecule has 0 unspecified atom stereocenters. The number of allylic oxidation sites excluding steroid dienone is 1. The maximum absolute atomic E-state index is 11.8. The summed E-state index contributed by atoms with van der Waals surface area (Å²) < 4.78 is 23.6. The van der Waals surface area contributed by atoms with E-state index < -0.39 is 14.2 Å². The fourth-order valence-electron chi connectivity index (χ4n) is 2.09. The first kappa shape index (κ1) is 18.6. The number of unbranched alkanes of at least 4 members (excludes halogenated alkanes) is 3. The Hall–Kier alpha value is -1.49. The third-order valence-electron chi connectivity index (χ3n) is 3.44. The Morgan fingerprint density at radius 3 is 2.27 bits per heavy atom. The van der Waals surface area contributed by atoms with Gasteiger partial charge in [0.15, 0.2) is 0 Å². The molecule has 1 aromatic rings. The number of carbonyl (C=O) groups excluding carboxylic acids is 1. The second-order valence-corrected chi connectivity index (χ2v) is 11.5. The van der Waals surface area contributed by atoms with Gasteiger partial charge in [-0.25, -0.2) is 0 Å². The van der Waals surface area contributed by atoms with Gasteiger partial charge in [-0.15, -0.1) is 0 Å². The van der Waals surface area contributed by atoms with Gasteiger partial charge in [0, 0.05) is 12.1 Å². The van der Waals surface area contributed by atoms with Crippen LogP contribution in [0.2, 0.25) is 19.6 Å². The summed E-state index contributed by atoms with van der Waals surface area (Å²) in [4.78, 5) is 11.8. The van der Waals surface area contributed by atoms with E-state index in [4.69, 9.17) is 0 Å². The number of rotatable bonds is 8. The lowest BCUT2D eigenvalue weighted by Gasteiger charge is -2.16. The van der Waals surface area contributed by atoms with Crippen LogP contribution in [0.4, 0.5) is 14.5 Å². The maximum atomic E-state index is 11.8. The average Bonchev–Trinajstić information content (AvgIpc) is 2.42. The Morgan fingerprint density at radius 1 is 1.09 bits per heavy atom. The third kappa shape index (κ3) is 7.50. The standard InChI is InChI=1S/C17H25F2NOSi/c1-22(2,3)15-12-10-14(11-13-15)20-17(21)9-7-5-4-6-8-16(18)19/h8,10-13H,4-7,9H2,1-3H3,(H,20,21). The minimum absolute atomic E-state index is 0.0204. The van der Waals surface area contributed by atoms with Gasteiger partial charge in [0.1, 0.15) is 0 Å². The lowest BCUT2D eigenvalue weighted by atomic mass is 10.1. The first-order chi connectivity index (χ1) is 10.3. The molecule has 1 N–H and O–H groups in total. The highest BCUT2D eigenvalue weighted by Gasteiger charge is 2.15. The molecule has 0 aliphatic carbocycles. The van der Waals surface area contributed by atoms with Crippen LogP contribution in [0.3, 0.4) is 0 Å². The fraction of sp³-hybridized carbons (Fsp3) is 0.471. The largest absolute Gasteiger partial charge is 0.326 e. The number of nitrogens with one attached hydrogen (secondary N) is 1. The molecule has 1 aromatic carbocycles. The molecule has 0 saturated heterocycles. The van der Waals surface area contributed by atoms with Crippen molar-refractivity contribution in [1.29, 1.82) is 0 Å². The monoisotopic (exact) mass is 325 g/mol. The van der Waals surface area contributed by atoms with E-state index in [0.717, 1.165) is 24.6 Å². The van der Waals surface area contributed by atoms with Crippen molar-refractivity contribution in [2.24, 2.45) is 0 Å². The third-order valence-corrected chi connectivity index (χ3v) is 5.51. The predicted octanol–water partition coefficient (Wildman–Crippen LogP) is 4.90. The molecule has 0 radical (unpaired) electrons. The van der Waals surface area contributed by atoms with Crippen molar-refractivity contribution in [1.82, 2.24) is 0 Å². The minimum atomic E-state index is -1.63. The van der Waals surface area contributed by atoms with Crippen molar-refractivity contribution >= 4 is 24.9 Å². The first-order valence-corrected chi connectivity index (χ1v) is 11.2. The number of hydrogen-bond donors (Lipinski definition) is 1. The van der Waals surface area contributed by atoms with Crippen LogP contribution in [-0.4, -0.2) is 14.0 Å². The Labute approximate surface area is 132 Å². The Balaban J connectivity index is 2.29. The summed E-state index contributed by atoms with van der Waals surface area (Å²) in [6.45, 7) is 6.85. The van der Waals surface area contributed by atoms with Crippen LogP contribution in [0.1, 0.15) is 32.1 Å². The molecule has 1 rings (SSSR count). The van der Waals surface area contributed by atoms with Crippen molar-refractivity contribution < 1.29 is 13.6 Å². The van der Waals surface area contributed by atoms with Crippen molar-refractivity contribution in [3.05, 3.63) is 36.4 Å². The van der Waals surface area contributed by atoms with E-state index in [9.17, 15) is 13.6 Å². The fourth-order valence-corrected chi connectivity index (χ4v) is 3.26. The van der Waals surface area contributed by atoms with E-state index in [2.05, 4.69) is 37.1 Å². The highest BCUT2D eigenvalue weighted by atomic mass is 28.3. The Morgan fingerprint density at radius 2 is 1.73 bits per heavy atom. The van der Waals surface area contributed by atoms with E-state index in [1.54, 1.807) is 0 Å². The Bertz CT molecular complexity index is 502. The highest BCUT2D eigenvalue weighted by molar-refractivity contribution is 6.88. The summed E-state index contributed by atoms with van der Waals surface area (Å²) in [5.74, 6) is -0.0204. The second kappa shape index (κ2) is 8.83. The van der Waals surface area contributed by atoms with Gasteiger partial charge >= 0.3 is 0 Å². The number of hydrogen-bond acceptors (Lipinski definition) is 1. The van der Waals surface area contributed by atoms with Gasteiger partial charge in [0.2, 0.25) is 5.91 Å². The smallest absolute Gasteiger partial charge is 0.266 e. The van der Waals surface area contributed by atoms with Gasteiger partial charge in [0.25, 0.3) is 6.08 Å². The molecule has 22 heavy (non-hydrogen) atoms. The van der Waals surface area contributed by atoms with Crippen LogP contribution in [0.25, 0.3) is 0 Å². The van der Waals surface area contributed by atoms with Gasteiger partial charge in [-0.1, -0.05) is 43.4 Å². The van der Waals surface area contributed by atoms with E-state index in [1.807, 2.05) is 12.1 Å². The Kier molecular flexibility index (Phi) is 7.45. The summed E-state index contributed by atoms with van der Waals surface area (Å²) >= 11 is 0. The molecule has 0 fully saturated rings. The molecule has 0 bridgehead atoms. The molecule has 5 heteroatoms. The topological polar surface area (TPSA) is 29.1 Å². The van der Waals surface area contributed by atoms with Gasteiger partial charge < -0.3 is 5.32 Å². The molecule has 0 atom stereocenters. The predicted molar refractivity (Wildman–Crippen MR) is 91.4 cm³/mol. The molecule has 0 spiro atoms. The number of carbonyl (C=O) groups is 1. The highest BCUT2D eigenvalue weighted by Crippen LogP contribution is 2.11. The second-order valence-electron chi connectivity index (χ2n) is 6.47. The maximum Gasteiger partial charge on any atom is 0.266 e. The number of halogens is 2. The van der Waals surface area contributed by atoms with E-state index >= 15 is 0 Å². The molecule has 0 saturated carbocycles.